The van der Waals surface area contributed by atoms with Crippen molar-refractivity contribution < 1.29 is 17.6 Å². The molecule has 72 valence electrons. The van der Waals surface area contributed by atoms with E-state index >= 15 is 0 Å². The van der Waals surface area contributed by atoms with Gasteiger partial charge in [0, 0.05) is 6.07 Å². The van der Waals surface area contributed by atoms with Crippen LogP contribution in [0, 0.1) is 11.8 Å². The van der Waals surface area contributed by atoms with Crippen molar-refractivity contribution >= 4 is 11.6 Å². The number of rotatable bonds is 2. The van der Waals surface area contributed by atoms with Crippen LogP contribution in [-0.2, 0) is 5.88 Å². The van der Waals surface area contributed by atoms with Crippen molar-refractivity contribution in [1.29, 1.82) is 0 Å². The predicted molar refractivity (Wildman–Crippen MR) is 38.7 cm³/mol. The summed E-state index contributed by atoms with van der Waals surface area (Å²) in [5, 5.41) is 0. The summed E-state index contributed by atoms with van der Waals surface area (Å²) in [6.07, 6.45) is -3.04. The van der Waals surface area contributed by atoms with Gasteiger partial charge in [-0.2, -0.15) is 4.39 Å². The van der Waals surface area contributed by atoms with Crippen molar-refractivity contribution in [3.05, 3.63) is 29.1 Å². The second kappa shape index (κ2) is 3.91. The molecule has 0 aliphatic rings. The van der Waals surface area contributed by atoms with Crippen LogP contribution in [0.3, 0.4) is 0 Å². The standard InChI is InChI=1S/C7H4ClF4N/c8-2-4-6(7(11)12)3(9)1-5(10)13-4/h1,7H,2H2. The van der Waals surface area contributed by atoms with E-state index in [9.17, 15) is 17.6 Å². The summed E-state index contributed by atoms with van der Waals surface area (Å²) in [7, 11) is 0. The monoisotopic (exact) mass is 213 g/mol. The van der Waals surface area contributed by atoms with Crippen LogP contribution >= 0.6 is 11.6 Å². The Kier molecular flexibility index (Phi) is 3.08. The molecule has 0 bridgehead atoms. The third-order valence-electron chi connectivity index (χ3n) is 1.40. The van der Waals surface area contributed by atoms with Crippen LogP contribution in [0.25, 0.3) is 0 Å². The summed E-state index contributed by atoms with van der Waals surface area (Å²) in [5.74, 6) is -2.93. The molecule has 0 spiro atoms. The molecule has 13 heavy (non-hydrogen) atoms. The van der Waals surface area contributed by atoms with Gasteiger partial charge in [-0.15, -0.1) is 11.6 Å². The predicted octanol–water partition coefficient (Wildman–Crippen LogP) is 3.04. The smallest absolute Gasteiger partial charge is 0.223 e. The number of hydrogen-bond acceptors (Lipinski definition) is 1. The fourth-order valence-electron chi connectivity index (χ4n) is 0.874. The normalized spacial score (nSPS) is 10.9. The van der Waals surface area contributed by atoms with E-state index in [0.29, 0.717) is 6.07 Å². The molecule has 0 radical (unpaired) electrons. The number of halogens is 5. The summed E-state index contributed by atoms with van der Waals surface area (Å²) in [5.41, 5.74) is -1.40. The maximum Gasteiger partial charge on any atom is 0.268 e. The highest BCUT2D eigenvalue weighted by atomic mass is 35.5. The number of alkyl halides is 3. The van der Waals surface area contributed by atoms with Crippen LogP contribution in [0.1, 0.15) is 17.7 Å². The van der Waals surface area contributed by atoms with Crippen LogP contribution in [0.5, 0.6) is 0 Å². The fourth-order valence-corrected chi connectivity index (χ4v) is 1.08. The average Bonchev–Trinajstić information content (AvgIpc) is 2.01. The van der Waals surface area contributed by atoms with Gasteiger partial charge in [-0.25, -0.2) is 18.2 Å². The van der Waals surface area contributed by atoms with E-state index in [1.165, 1.54) is 0 Å². The zero-order chi connectivity index (χ0) is 10.0. The average molecular weight is 214 g/mol. The third-order valence-corrected chi connectivity index (χ3v) is 1.65. The molecule has 1 nitrogen and oxygen atoms in total. The van der Waals surface area contributed by atoms with Gasteiger partial charge in [0.25, 0.3) is 6.43 Å². The van der Waals surface area contributed by atoms with Gasteiger partial charge in [-0.05, 0) is 0 Å². The van der Waals surface area contributed by atoms with Crippen molar-refractivity contribution in [2.45, 2.75) is 12.3 Å². The Bertz CT molecular complexity index is 316. The van der Waals surface area contributed by atoms with Crippen molar-refractivity contribution in [2.75, 3.05) is 0 Å². The molecule has 1 aromatic heterocycles. The maximum atomic E-state index is 12.7. The molecule has 1 heterocycles. The van der Waals surface area contributed by atoms with E-state index in [-0.39, 0.29) is 0 Å². The Morgan fingerprint density at radius 2 is 2.00 bits per heavy atom. The molecular formula is C7H4ClF4N. The Balaban J connectivity index is 3.30. The van der Waals surface area contributed by atoms with Crippen molar-refractivity contribution in [2.24, 2.45) is 0 Å². The maximum absolute atomic E-state index is 12.7. The number of pyridine rings is 1. The van der Waals surface area contributed by atoms with Crippen molar-refractivity contribution in [3.63, 3.8) is 0 Å². The lowest BCUT2D eigenvalue weighted by molar-refractivity contribution is 0.144. The van der Waals surface area contributed by atoms with Gasteiger partial charge >= 0.3 is 0 Å². The Hall–Kier alpha value is -0.840. The van der Waals surface area contributed by atoms with Gasteiger partial charge in [-0.3, -0.25) is 0 Å². The fraction of sp³-hybridized carbons (Fsp3) is 0.286. The third kappa shape index (κ3) is 2.09. The van der Waals surface area contributed by atoms with Gasteiger partial charge in [-0.1, -0.05) is 0 Å². The topological polar surface area (TPSA) is 12.9 Å². The molecule has 0 aliphatic heterocycles. The highest BCUT2D eigenvalue weighted by Crippen LogP contribution is 2.26. The first-order chi connectivity index (χ1) is 6.06. The Labute approximate surface area is 76.3 Å². The van der Waals surface area contributed by atoms with Gasteiger partial charge in [0.05, 0.1) is 17.1 Å². The highest BCUT2D eigenvalue weighted by Gasteiger charge is 2.20. The number of hydrogen-bond donors (Lipinski definition) is 0. The quantitative estimate of drug-likeness (QED) is 0.418. The lowest BCUT2D eigenvalue weighted by Gasteiger charge is -2.05. The molecule has 0 amide bonds. The molecule has 0 fully saturated rings. The van der Waals surface area contributed by atoms with E-state index in [0.717, 1.165) is 0 Å². The highest BCUT2D eigenvalue weighted by molar-refractivity contribution is 6.17. The minimum atomic E-state index is -3.04. The minimum absolute atomic E-state index is 0.303. The van der Waals surface area contributed by atoms with Crippen LogP contribution in [0.4, 0.5) is 17.6 Å². The molecule has 0 aliphatic carbocycles. The second-order valence-corrected chi connectivity index (χ2v) is 2.49. The van der Waals surface area contributed by atoms with E-state index in [1.807, 2.05) is 0 Å². The molecular weight excluding hydrogens is 210 g/mol. The van der Waals surface area contributed by atoms with Gasteiger partial charge < -0.3 is 0 Å². The van der Waals surface area contributed by atoms with Gasteiger partial charge in [0.15, 0.2) is 0 Å². The number of nitrogens with zero attached hydrogens (tertiary/aromatic N) is 1. The van der Waals surface area contributed by atoms with Gasteiger partial charge in [0.1, 0.15) is 5.82 Å². The second-order valence-electron chi connectivity index (χ2n) is 2.22. The van der Waals surface area contributed by atoms with Crippen molar-refractivity contribution in [1.82, 2.24) is 4.98 Å². The summed E-state index contributed by atoms with van der Waals surface area (Å²) < 4.78 is 49.4. The van der Waals surface area contributed by atoms with Crippen LogP contribution < -0.4 is 0 Å². The molecule has 1 aromatic rings. The first-order valence-corrected chi connectivity index (χ1v) is 3.78. The summed E-state index contributed by atoms with van der Waals surface area (Å²) in [4.78, 5) is 3.06. The molecule has 0 saturated carbocycles. The van der Waals surface area contributed by atoms with E-state index in [1.54, 1.807) is 0 Å². The van der Waals surface area contributed by atoms with Crippen LogP contribution in [0.2, 0.25) is 0 Å². The van der Waals surface area contributed by atoms with Crippen LogP contribution in [-0.4, -0.2) is 4.98 Å². The molecule has 1 rings (SSSR count). The number of aromatic nitrogens is 1. The SMILES string of the molecule is Fc1cc(F)c(C(F)F)c(CCl)n1. The molecule has 0 atom stereocenters. The first-order valence-electron chi connectivity index (χ1n) is 3.25. The summed E-state index contributed by atoms with van der Waals surface area (Å²) in [6.45, 7) is 0. The molecule has 0 unspecified atom stereocenters. The van der Waals surface area contributed by atoms with E-state index in [2.05, 4.69) is 4.98 Å². The van der Waals surface area contributed by atoms with Crippen molar-refractivity contribution in [3.8, 4) is 0 Å². The Morgan fingerprint density at radius 3 is 2.46 bits per heavy atom. The first kappa shape index (κ1) is 10.2. The lowest BCUT2D eigenvalue weighted by Crippen LogP contribution is -2.02. The largest absolute Gasteiger partial charge is 0.268 e. The molecule has 0 saturated heterocycles. The summed E-state index contributed by atoms with van der Waals surface area (Å²) >= 11 is 5.19. The molecule has 0 aromatic carbocycles. The Morgan fingerprint density at radius 1 is 1.38 bits per heavy atom. The lowest BCUT2D eigenvalue weighted by atomic mass is 10.2. The van der Waals surface area contributed by atoms with Gasteiger partial charge in [0.2, 0.25) is 5.95 Å². The minimum Gasteiger partial charge on any atom is -0.223 e. The molecule has 0 N–H and O–H groups in total. The van der Waals surface area contributed by atoms with E-state index < -0.39 is 35.3 Å². The van der Waals surface area contributed by atoms with Crippen LogP contribution in [0.15, 0.2) is 6.07 Å². The molecule has 6 heteroatoms. The zero-order valence-corrected chi connectivity index (χ0v) is 6.95. The zero-order valence-electron chi connectivity index (χ0n) is 6.20. The summed E-state index contributed by atoms with van der Waals surface area (Å²) in [6, 6.07) is 0.303. The van der Waals surface area contributed by atoms with E-state index in [4.69, 9.17) is 11.6 Å².